The van der Waals surface area contributed by atoms with E-state index in [2.05, 4.69) is 52.1 Å². The molecule has 0 aromatic rings. The zero-order valence-electron chi connectivity index (χ0n) is 26.0. The van der Waals surface area contributed by atoms with Crippen LogP contribution in [0.2, 0.25) is 0 Å². The molecule has 4 aliphatic rings. The van der Waals surface area contributed by atoms with E-state index in [4.69, 9.17) is 27.8 Å². The number of rotatable bonds is 9. The number of hydrogen-bond donors (Lipinski definition) is 4. The summed E-state index contributed by atoms with van der Waals surface area (Å²) in [6.45, 7) is 12.3. The summed E-state index contributed by atoms with van der Waals surface area (Å²) < 4.78 is 7.74. The Kier molecular flexibility index (Phi) is 12.7. The topological polar surface area (TPSA) is 112 Å². The molecule has 0 spiro atoms. The Balaban J connectivity index is 1.48. The average molecular weight is 597 g/mol. The smallest absolute Gasteiger partial charge is 0.233 e. The Morgan fingerprint density at radius 2 is 1.88 bits per heavy atom. The van der Waals surface area contributed by atoms with Crippen molar-refractivity contribution in [2.45, 2.75) is 114 Å². The van der Waals surface area contributed by atoms with E-state index in [1.165, 1.54) is 12.8 Å². The van der Waals surface area contributed by atoms with E-state index in [-0.39, 0.29) is 28.8 Å². The van der Waals surface area contributed by atoms with Crippen LogP contribution in [0.5, 0.6) is 0 Å². The molecule has 4 aliphatic heterocycles. The quantitative estimate of drug-likeness (QED) is 0.183. The van der Waals surface area contributed by atoms with Crippen molar-refractivity contribution in [1.82, 2.24) is 20.4 Å². The number of likely N-dealkylation sites (tertiary alicyclic amines) is 1. The minimum absolute atomic E-state index is 0.0148. The Labute approximate surface area is 254 Å². The van der Waals surface area contributed by atoms with Crippen LogP contribution >= 0.6 is 11.6 Å². The largest absolute Gasteiger partial charge is 0.379 e. The molecule has 10 heteroatoms. The lowest BCUT2D eigenvalue weighted by Crippen LogP contribution is -2.64. The van der Waals surface area contributed by atoms with Gasteiger partial charge in [-0.25, -0.2) is 4.58 Å². The summed E-state index contributed by atoms with van der Waals surface area (Å²) >= 11 is 6.74. The van der Waals surface area contributed by atoms with Crippen molar-refractivity contribution in [2.24, 2.45) is 22.8 Å². The maximum Gasteiger partial charge on any atom is 0.233 e. The normalized spacial score (nSPS) is 34.4. The van der Waals surface area contributed by atoms with Crippen LogP contribution in [0.3, 0.4) is 0 Å². The molecular formula is C31H59ClN7O2+. The standard InChI is InChI=1S/C31H58ClN7O2/c1-4-11-31(5-2)12-6-7-23(32)22-37(3)27(20-31)28(29(33)34)30(40)36-25-21-35-13-8-26(25)39-14-9-24(10-15-39)38-16-18-41-19-17-38/h22-29,35H,4-21,33-34H2,1-3H3/p+1. The van der Waals surface area contributed by atoms with E-state index >= 15 is 0 Å². The number of halogens is 1. The molecule has 9 nitrogen and oxygen atoms in total. The van der Waals surface area contributed by atoms with Gasteiger partial charge in [-0.05, 0) is 50.5 Å². The molecule has 6 N–H and O–H groups in total. The summed E-state index contributed by atoms with van der Waals surface area (Å²) in [4.78, 5) is 19.4. The Morgan fingerprint density at radius 3 is 2.54 bits per heavy atom. The molecule has 1 amide bonds. The molecule has 236 valence electrons. The molecule has 0 bridgehead atoms. The van der Waals surface area contributed by atoms with Gasteiger partial charge in [0.2, 0.25) is 5.91 Å². The van der Waals surface area contributed by atoms with Gasteiger partial charge in [0, 0.05) is 51.2 Å². The lowest BCUT2D eigenvalue weighted by atomic mass is 9.70. The second kappa shape index (κ2) is 15.8. The Bertz CT molecular complexity index is 846. The minimum Gasteiger partial charge on any atom is -0.379 e. The number of amides is 1. The van der Waals surface area contributed by atoms with Crippen molar-refractivity contribution in [2.75, 3.05) is 59.5 Å². The fraction of sp³-hybridized carbons (Fsp3) is 0.935. The highest BCUT2D eigenvalue weighted by Crippen LogP contribution is 2.41. The first-order valence-corrected chi connectivity index (χ1v) is 17.0. The second-order valence-corrected chi connectivity index (χ2v) is 13.9. The van der Waals surface area contributed by atoms with E-state index in [0.29, 0.717) is 12.1 Å². The summed E-state index contributed by atoms with van der Waals surface area (Å²) in [6.07, 6.45) is 12.2. The minimum atomic E-state index is -0.749. The third kappa shape index (κ3) is 8.64. The number of nitrogens with one attached hydrogen (secondary N) is 2. The first-order valence-electron chi connectivity index (χ1n) is 16.6. The highest BCUT2D eigenvalue weighted by atomic mass is 35.5. The number of hydrogen-bond acceptors (Lipinski definition) is 7. The number of ether oxygens (including phenoxy) is 1. The molecule has 6 unspecified atom stereocenters. The molecule has 0 aromatic heterocycles. The first-order chi connectivity index (χ1) is 19.8. The summed E-state index contributed by atoms with van der Waals surface area (Å²) in [5.74, 6) is -0.533. The van der Waals surface area contributed by atoms with Crippen molar-refractivity contribution in [1.29, 1.82) is 0 Å². The highest BCUT2D eigenvalue weighted by Gasteiger charge is 2.45. The van der Waals surface area contributed by atoms with E-state index in [1.54, 1.807) is 0 Å². The van der Waals surface area contributed by atoms with Gasteiger partial charge in [0.25, 0.3) is 0 Å². The van der Waals surface area contributed by atoms with Crippen LogP contribution in [-0.4, -0.2) is 122 Å². The van der Waals surface area contributed by atoms with Gasteiger partial charge in [0.05, 0.1) is 25.4 Å². The first kappa shape index (κ1) is 33.1. The monoisotopic (exact) mass is 596 g/mol. The van der Waals surface area contributed by atoms with Crippen LogP contribution in [0.15, 0.2) is 0 Å². The number of alkyl halides is 1. The van der Waals surface area contributed by atoms with Gasteiger partial charge in [0.15, 0.2) is 12.3 Å². The average Bonchev–Trinajstić information content (AvgIpc) is 3.02. The number of morpholine rings is 1. The SMILES string of the molecule is CCCC1(CC)CCCC(Cl)C=[N+](C)C(C(C(=O)NC2CNCCC2N2CCC(N3CCOCC3)CC2)C(N)N)C1. The van der Waals surface area contributed by atoms with Crippen LogP contribution < -0.4 is 22.1 Å². The van der Waals surface area contributed by atoms with Crippen molar-refractivity contribution < 1.29 is 14.1 Å². The number of piperidine rings is 2. The third-order valence-corrected chi connectivity index (χ3v) is 11.0. The fourth-order valence-corrected chi connectivity index (χ4v) is 8.61. The van der Waals surface area contributed by atoms with Gasteiger partial charge in [-0.1, -0.05) is 33.1 Å². The number of carbonyl (C=O) groups is 1. The maximum atomic E-state index is 14.2. The Morgan fingerprint density at radius 1 is 1.15 bits per heavy atom. The van der Waals surface area contributed by atoms with Crippen LogP contribution in [0.4, 0.5) is 0 Å². The van der Waals surface area contributed by atoms with Crippen LogP contribution in [0.25, 0.3) is 0 Å². The summed E-state index contributed by atoms with van der Waals surface area (Å²) in [5.41, 5.74) is 13.1. The molecule has 3 saturated heterocycles. The van der Waals surface area contributed by atoms with Gasteiger partial charge < -0.3 is 26.8 Å². The van der Waals surface area contributed by atoms with Gasteiger partial charge in [0.1, 0.15) is 18.3 Å². The predicted molar refractivity (Wildman–Crippen MR) is 168 cm³/mol. The van der Waals surface area contributed by atoms with Crippen molar-refractivity contribution in [3.63, 3.8) is 0 Å². The van der Waals surface area contributed by atoms with Crippen LogP contribution in [-0.2, 0) is 9.53 Å². The van der Waals surface area contributed by atoms with Gasteiger partial charge in [-0.2, -0.15) is 0 Å². The number of carbonyl (C=O) groups excluding carboxylic acids is 1. The van der Waals surface area contributed by atoms with Crippen LogP contribution in [0.1, 0.15) is 78.1 Å². The highest BCUT2D eigenvalue weighted by molar-refractivity contribution is 6.27. The zero-order valence-corrected chi connectivity index (χ0v) is 26.8. The lowest BCUT2D eigenvalue weighted by molar-refractivity contribution is -0.545. The van der Waals surface area contributed by atoms with Crippen LogP contribution in [0, 0.1) is 11.3 Å². The van der Waals surface area contributed by atoms with Crippen molar-refractivity contribution >= 4 is 23.7 Å². The molecule has 0 aromatic carbocycles. The van der Waals surface area contributed by atoms with E-state index < -0.39 is 12.1 Å². The Hall–Kier alpha value is -0.810. The van der Waals surface area contributed by atoms with E-state index in [0.717, 1.165) is 104 Å². The summed E-state index contributed by atoms with van der Waals surface area (Å²) in [7, 11) is 2.06. The van der Waals surface area contributed by atoms with Gasteiger partial charge >= 0.3 is 0 Å². The number of nitrogens with two attached hydrogens (primary N) is 2. The number of nitrogens with zero attached hydrogens (tertiary/aromatic N) is 3. The summed E-state index contributed by atoms with van der Waals surface area (Å²) in [5, 5.41) is 6.96. The molecule has 4 heterocycles. The molecular weight excluding hydrogens is 538 g/mol. The van der Waals surface area contributed by atoms with Gasteiger partial charge in [-0.3, -0.25) is 14.6 Å². The third-order valence-electron chi connectivity index (χ3n) is 10.7. The van der Waals surface area contributed by atoms with Gasteiger partial charge in [-0.15, -0.1) is 11.6 Å². The molecule has 41 heavy (non-hydrogen) atoms. The maximum absolute atomic E-state index is 14.2. The molecule has 0 aliphatic carbocycles. The zero-order chi connectivity index (χ0) is 29.4. The second-order valence-electron chi connectivity index (χ2n) is 13.3. The van der Waals surface area contributed by atoms with Crippen molar-refractivity contribution in [3.8, 4) is 0 Å². The molecule has 4 rings (SSSR count). The molecule has 6 atom stereocenters. The fourth-order valence-electron chi connectivity index (χ4n) is 8.28. The molecule has 3 fully saturated rings. The van der Waals surface area contributed by atoms with E-state index in [1.807, 2.05) is 0 Å². The molecule has 0 radical (unpaired) electrons. The predicted octanol–water partition coefficient (Wildman–Crippen LogP) is 1.95. The lowest BCUT2D eigenvalue weighted by Gasteiger charge is -2.46. The van der Waals surface area contributed by atoms with Crippen molar-refractivity contribution in [3.05, 3.63) is 0 Å². The molecule has 0 saturated carbocycles. The summed E-state index contributed by atoms with van der Waals surface area (Å²) in [6, 6.07) is 0.912. The van der Waals surface area contributed by atoms with E-state index in [9.17, 15) is 4.79 Å².